The fourth-order valence-electron chi connectivity index (χ4n) is 1.35. The van der Waals surface area contributed by atoms with Gasteiger partial charge in [0.2, 0.25) is 0 Å². The van der Waals surface area contributed by atoms with Gasteiger partial charge in [0, 0.05) is 11.6 Å². The first-order valence-corrected chi connectivity index (χ1v) is 5.42. The van der Waals surface area contributed by atoms with Crippen LogP contribution in [-0.4, -0.2) is 19.1 Å². The number of amides is 1. The van der Waals surface area contributed by atoms with E-state index in [1.165, 1.54) is 18.2 Å². The van der Waals surface area contributed by atoms with Crippen molar-refractivity contribution in [3.63, 3.8) is 0 Å². The number of carbonyl (C=O) groups is 1. The Labute approximate surface area is 105 Å². The molecule has 1 amide bonds. The van der Waals surface area contributed by atoms with Crippen LogP contribution in [0.3, 0.4) is 0 Å². The molecule has 0 saturated carbocycles. The SMILES string of the molecule is C#CCNC(=O)COc1ccc(F)cc1[C@H](C)N. The van der Waals surface area contributed by atoms with Gasteiger partial charge < -0.3 is 15.8 Å². The number of nitrogens with two attached hydrogens (primary N) is 1. The van der Waals surface area contributed by atoms with Gasteiger partial charge in [-0.25, -0.2) is 4.39 Å². The third kappa shape index (κ3) is 4.07. The Morgan fingerprint density at radius 2 is 2.39 bits per heavy atom. The standard InChI is InChI=1S/C13H15FN2O2/c1-3-6-16-13(17)8-18-12-5-4-10(14)7-11(12)9(2)15/h1,4-5,7,9H,6,8,15H2,2H3,(H,16,17)/t9-/m0/s1. The molecule has 0 saturated heterocycles. The van der Waals surface area contributed by atoms with Crippen LogP contribution in [-0.2, 0) is 4.79 Å². The summed E-state index contributed by atoms with van der Waals surface area (Å²) in [6, 6.07) is 3.60. The van der Waals surface area contributed by atoms with Crippen LogP contribution >= 0.6 is 0 Å². The molecule has 96 valence electrons. The lowest BCUT2D eigenvalue weighted by Gasteiger charge is -2.13. The van der Waals surface area contributed by atoms with Crippen LogP contribution in [0.15, 0.2) is 18.2 Å². The highest BCUT2D eigenvalue weighted by Crippen LogP contribution is 2.24. The predicted molar refractivity (Wildman–Crippen MR) is 66.3 cm³/mol. The zero-order valence-electron chi connectivity index (χ0n) is 10.1. The van der Waals surface area contributed by atoms with E-state index in [1.807, 2.05) is 0 Å². The van der Waals surface area contributed by atoms with E-state index in [2.05, 4.69) is 11.2 Å². The number of hydrogen-bond donors (Lipinski definition) is 2. The Bertz CT molecular complexity index is 467. The second-order valence-electron chi connectivity index (χ2n) is 3.74. The smallest absolute Gasteiger partial charge is 0.258 e. The summed E-state index contributed by atoms with van der Waals surface area (Å²) in [5.74, 6) is 1.93. The molecule has 1 aromatic rings. The third-order valence-corrected chi connectivity index (χ3v) is 2.21. The van der Waals surface area contributed by atoms with Gasteiger partial charge in [0.25, 0.3) is 5.91 Å². The van der Waals surface area contributed by atoms with Crippen molar-refractivity contribution in [3.8, 4) is 18.1 Å². The lowest BCUT2D eigenvalue weighted by molar-refractivity contribution is -0.122. The summed E-state index contributed by atoms with van der Waals surface area (Å²) in [6.45, 7) is 1.67. The molecule has 0 aromatic heterocycles. The van der Waals surface area contributed by atoms with Crippen LogP contribution < -0.4 is 15.8 Å². The molecule has 1 rings (SSSR count). The van der Waals surface area contributed by atoms with E-state index in [-0.39, 0.29) is 25.1 Å². The summed E-state index contributed by atoms with van der Waals surface area (Å²) in [5.41, 5.74) is 6.21. The summed E-state index contributed by atoms with van der Waals surface area (Å²) < 4.78 is 18.3. The van der Waals surface area contributed by atoms with Gasteiger partial charge in [0.15, 0.2) is 6.61 Å². The minimum atomic E-state index is -0.397. The first-order chi connectivity index (χ1) is 8.54. The van der Waals surface area contributed by atoms with Gasteiger partial charge in [-0.05, 0) is 25.1 Å². The molecule has 0 bridgehead atoms. The molecule has 1 atom stereocenters. The molecule has 0 spiro atoms. The third-order valence-electron chi connectivity index (χ3n) is 2.21. The summed E-state index contributed by atoms with van der Waals surface area (Å²) in [6.07, 6.45) is 5.00. The summed E-state index contributed by atoms with van der Waals surface area (Å²) >= 11 is 0. The Hall–Kier alpha value is -2.06. The largest absolute Gasteiger partial charge is 0.483 e. The Morgan fingerprint density at radius 3 is 3.00 bits per heavy atom. The highest BCUT2D eigenvalue weighted by molar-refractivity contribution is 5.77. The molecule has 0 radical (unpaired) electrons. The first kappa shape index (κ1) is 14.0. The summed E-state index contributed by atoms with van der Waals surface area (Å²) in [7, 11) is 0. The molecule has 0 aliphatic rings. The molecule has 0 aliphatic heterocycles. The molecule has 3 N–H and O–H groups in total. The van der Waals surface area contributed by atoms with Crippen LogP contribution in [0.2, 0.25) is 0 Å². The van der Waals surface area contributed by atoms with Crippen LogP contribution in [0, 0.1) is 18.2 Å². The zero-order valence-corrected chi connectivity index (χ0v) is 10.1. The van der Waals surface area contributed by atoms with Gasteiger partial charge in [-0.3, -0.25) is 4.79 Å². The van der Waals surface area contributed by atoms with Gasteiger partial charge in [-0.15, -0.1) is 6.42 Å². The average Bonchev–Trinajstić information content (AvgIpc) is 2.34. The van der Waals surface area contributed by atoms with E-state index in [4.69, 9.17) is 16.9 Å². The van der Waals surface area contributed by atoms with E-state index >= 15 is 0 Å². The Balaban J connectivity index is 2.67. The molecule has 0 heterocycles. The van der Waals surface area contributed by atoms with Crippen molar-refractivity contribution in [1.82, 2.24) is 5.32 Å². The molecule has 18 heavy (non-hydrogen) atoms. The van der Waals surface area contributed by atoms with Crippen molar-refractivity contribution < 1.29 is 13.9 Å². The average molecular weight is 250 g/mol. The monoisotopic (exact) mass is 250 g/mol. The first-order valence-electron chi connectivity index (χ1n) is 5.42. The maximum absolute atomic E-state index is 13.1. The molecule has 0 unspecified atom stereocenters. The minimum Gasteiger partial charge on any atom is -0.483 e. The van der Waals surface area contributed by atoms with Crippen molar-refractivity contribution in [2.45, 2.75) is 13.0 Å². The van der Waals surface area contributed by atoms with Gasteiger partial charge in [-0.1, -0.05) is 5.92 Å². The molecular weight excluding hydrogens is 235 g/mol. The van der Waals surface area contributed by atoms with E-state index in [0.29, 0.717) is 11.3 Å². The van der Waals surface area contributed by atoms with Crippen molar-refractivity contribution in [2.75, 3.05) is 13.2 Å². The maximum Gasteiger partial charge on any atom is 0.258 e. The topological polar surface area (TPSA) is 64.3 Å². The number of nitrogens with one attached hydrogen (secondary N) is 1. The number of benzene rings is 1. The second kappa shape index (κ2) is 6.62. The normalized spacial score (nSPS) is 11.4. The van der Waals surface area contributed by atoms with E-state index in [0.717, 1.165) is 0 Å². The second-order valence-corrected chi connectivity index (χ2v) is 3.74. The number of ether oxygens (including phenoxy) is 1. The maximum atomic E-state index is 13.1. The molecule has 1 aromatic carbocycles. The molecule has 0 fully saturated rings. The minimum absolute atomic E-state index is 0.145. The number of hydrogen-bond acceptors (Lipinski definition) is 3. The van der Waals surface area contributed by atoms with E-state index in [1.54, 1.807) is 6.92 Å². The number of rotatable bonds is 5. The number of carbonyl (C=O) groups excluding carboxylic acids is 1. The fraction of sp³-hybridized carbons (Fsp3) is 0.308. The van der Waals surface area contributed by atoms with Crippen LogP contribution in [0.4, 0.5) is 4.39 Å². The molecule has 0 aliphatic carbocycles. The molecular formula is C13H15FN2O2. The fourth-order valence-corrected chi connectivity index (χ4v) is 1.35. The Kier molecular flexibility index (Phi) is 5.15. The molecule has 4 nitrogen and oxygen atoms in total. The molecule has 5 heteroatoms. The van der Waals surface area contributed by atoms with Crippen molar-refractivity contribution in [1.29, 1.82) is 0 Å². The van der Waals surface area contributed by atoms with Crippen LogP contribution in [0.25, 0.3) is 0 Å². The van der Waals surface area contributed by atoms with Gasteiger partial charge in [0.1, 0.15) is 11.6 Å². The van der Waals surface area contributed by atoms with Gasteiger partial charge in [-0.2, -0.15) is 0 Å². The highest BCUT2D eigenvalue weighted by atomic mass is 19.1. The van der Waals surface area contributed by atoms with Crippen LogP contribution in [0.1, 0.15) is 18.5 Å². The summed E-state index contributed by atoms with van der Waals surface area (Å²) in [5, 5.41) is 2.46. The van der Waals surface area contributed by atoms with Crippen molar-refractivity contribution in [2.24, 2.45) is 5.73 Å². The lowest BCUT2D eigenvalue weighted by Crippen LogP contribution is -2.29. The van der Waals surface area contributed by atoms with Crippen molar-refractivity contribution >= 4 is 5.91 Å². The summed E-state index contributed by atoms with van der Waals surface area (Å²) in [4.78, 5) is 11.3. The lowest BCUT2D eigenvalue weighted by atomic mass is 10.1. The number of terminal acetylenes is 1. The van der Waals surface area contributed by atoms with Gasteiger partial charge in [0.05, 0.1) is 6.54 Å². The van der Waals surface area contributed by atoms with Crippen LogP contribution in [0.5, 0.6) is 5.75 Å². The predicted octanol–water partition coefficient (Wildman–Crippen LogP) is 0.974. The van der Waals surface area contributed by atoms with E-state index in [9.17, 15) is 9.18 Å². The van der Waals surface area contributed by atoms with Crippen molar-refractivity contribution in [3.05, 3.63) is 29.6 Å². The highest BCUT2D eigenvalue weighted by Gasteiger charge is 2.11. The quantitative estimate of drug-likeness (QED) is 0.765. The number of halogens is 1. The zero-order chi connectivity index (χ0) is 13.5. The van der Waals surface area contributed by atoms with E-state index < -0.39 is 5.82 Å². The Morgan fingerprint density at radius 1 is 1.67 bits per heavy atom. The van der Waals surface area contributed by atoms with Gasteiger partial charge >= 0.3 is 0 Å².